The van der Waals surface area contributed by atoms with Crippen LogP contribution < -0.4 is 15.8 Å². The Labute approximate surface area is 140 Å². The molecule has 2 rings (SSSR count). The van der Waals surface area contributed by atoms with Crippen molar-refractivity contribution in [3.8, 4) is 5.75 Å². The quantitative estimate of drug-likeness (QED) is 0.848. The first-order valence-electron chi connectivity index (χ1n) is 6.16. The molecule has 0 saturated heterocycles. The van der Waals surface area contributed by atoms with Crippen LogP contribution >= 0.6 is 27.5 Å². The number of nitrogens with one attached hydrogen (secondary N) is 1. The Balaban J connectivity index is 2.35. The summed E-state index contributed by atoms with van der Waals surface area (Å²) in [6, 6.07) is 9.38. The highest BCUT2D eigenvalue weighted by Crippen LogP contribution is 2.27. The molecule has 0 fully saturated rings. The van der Waals surface area contributed by atoms with Gasteiger partial charge in [-0.25, -0.2) is 0 Å². The maximum atomic E-state index is 12.4. The Morgan fingerprint density at radius 2 is 1.95 bits per heavy atom. The maximum Gasteiger partial charge on any atom is 0.259 e. The van der Waals surface area contributed by atoms with Crippen LogP contribution in [0.5, 0.6) is 5.75 Å². The van der Waals surface area contributed by atoms with Gasteiger partial charge < -0.3 is 15.8 Å². The minimum Gasteiger partial charge on any atom is -0.496 e. The van der Waals surface area contributed by atoms with Crippen LogP contribution in [0.1, 0.15) is 20.7 Å². The lowest BCUT2D eigenvalue weighted by Gasteiger charge is -2.11. The van der Waals surface area contributed by atoms with Gasteiger partial charge in [-0.3, -0.25) is 9.59 Å². The van der Waals surface area contributed by atoms with Gasteiger partial charge in [-0.05, 0) is 52.3 Å². The smallest absolute Gasteiger partial charge is 0.259 e. The fraction of sp³-hybridized carbons (Fsp3) is 0.0667. The third-order valence-electron chi connectivity index (χ3n) is 2.91. The molecule has 0 bridgehead atoms. The molecule has 2 aromatic carbocycles. The lowest BCUT2D eigenvalue weighted by atomic mass is 10.1. The van der Waals surface area contributed by atoms with Crippen molar-refractivity contribution in [2.75, 3.05) is 12.4 Å². The Morgan fingerprint density at radius 1 is 1.23 bits per heavy atom. The summed E-state index contributed by atoms with van der Waals surface area (Å²) in [4.78, 5) is 23.7. The fourth-order valence-electron chi connectivity index (χ4n) is 1.82. The van der Waals surface area contributed by atoms with Crippen LogP contribution in [0, 0.1) is 0 Å². The Kier molecular flexibility index (Phi) is 5.05. The first kappa shape index (κ1) is 16.3. The number of nitrogens with two attached hydrogens (primary N) is 1. The van der Waals surface area contributed by atoms with Crippen molar-refractivity contribution in [3.05, 3.63) is 57.0 Å². The molecule has 0 aromatic heterocycles. The number of rotatable bonds is 4. The van der Waals surface area contributed by atoms with E-state index in [9.17, 15) is 9.59 Å². The molecule has 2 amide bonds. The van der Waals surface area contributed by atoms with Gasteiger partial charge in [-0.2, -0.15) is 0 Å². The van der Waals surface area contributed by atoms with Crippen LogP contribution in [0.4, 0.5) is 5.69 Å². The van der Waals surface area contributed by atoms with Gasteiger partial charge in [0.1, 0.15) is 5.75 Å². The van der Waals surface area contributed by atoms with Gasteiger partial charge >= 0.3 is 0 Å². The Morgan fingerprint density at radius 3 is 2.55 bits per heavy atom. The molecule has 3 N–H and O–H groups in total. The molecular formula is C15H12BrClN2O3. The number of ether oxygens (including phenoxy) is 1. The predicted molar refractivity (Wildman–Crippen MR) is 88.6 cm³/mol. The van der Waals surface area contributed by atoms with E-state index in [2.05, 4.69) is 21.2 Å². The summed E-state index contributed by atoms with van der Waals surface area (Å²) in [5.41, 5.74) is 6.21. The monoisotopic (exact) mass is 382 g/mol. The number of benzene rings is 2. The van der Waals surface area contributed by atoms with Crippen molar-refractivity contribution >= 4 is 45.0 Å². The number of hydrogen-bond donors (Lipinski definition) is 2. The molecule has 0 aliphatic carbocycles. The van der Waals surface area contributed by atoms with E-state index in [-0.39, 0.29) is 11.1 Å². The third kappa shape index (κ3) is 3.58. The second-order valence-corrected chi connectivity index (χ2v) is 5.65. The van der Waals surface area contributed by atoms with Crippen LogP contribution in [0.15, 0.2) is 40.9 Å². The molecule has 0 radical (unpaired) electrons. The van der Waals surface area contributed by atoms with Gasteiger partial charge in [0, 0.05) is 15.1 Å². The molecule has 22 heavy (non-hydrogen) atoms. The largest absolute Gasteiger partial charge is 0.496 e. The van der Waals surface area contributed by atoms with Gasteiger partial charge in [0.2, 0.25) is 5.91 Å². The normalized spacial score (nSPS) is 10.1. The van der Waals surface area contributed by atoms with Crippen LogP contribution in [0.25, 0.3) is 0 Å². The van der Waals surface area contributed by atoms with Crippen molar-refractivity contribution in [3.63, 3.8) is 0 Å². The van der Waals surface area contributed by atoms with E-state index in [1.165, 1.54) is 25.3 Å². The van der Waals surface area contributed by atoms with Gasteiger partial charge in [0.25, 0.3) is 5.91 Å². The summed E-state index contributed by atoms with van der Waals surface area (Å²) in [5.74, 6) is -0.708. The molecule has 0 unspecified atom stereocenters. The first-order valence-corrected chi connectivity index (χ1v) is 7.33. The SMILES string of the molecule is COc1ccc(C(N)=O)cc1C(=O)Nc1ccc(Cl)cc1Br. The summed E-state index contributed by atoms with van der Waals surface area (Å²) in [5, 5.41) is 3.26. The molecule has 5 nitrogen and oxygen atoms in total. The van der Waals surface area contributed by atoms with Gasteiger partial charge in [-0.1, -0.05) is 11.6 Å². The minimum atomic E-state index is -0.621. The highest BCUT2D eigenvalue weighted by Gasteiger charge is 2.16. The van der Waals surface area contributed by atoms with E-state index in [1.807, 2.05) is 0 Å². The zero-order chi connectivity index (χ0) is 16.3. The summed E-state index contributed by atoms with van der Waals surface area (Å²) >= 11 is 9.18. The molecule has 0 spiro atoms. The number of methoxy groups -OCH3 is 1. The van der Waals surface area contributed by atoms with E-state index in [1.54, 1.807) is 18.2 Å². The highest BCUT2D eigenvalue weighted by molar-refractivity contribution is 9.10. The summed E-state index contributed by atoms with van der Waals surface area (Å²) < 4.78 is 5.78. The zero-order valence-electron chi connectivity index (χ0n) is 11.5. The number of primary amides is 1. The fourth-order valence-corrected chi connectivity index (χ4v) is 2.60. The molecule has 0 aliphatic heterocycles. The van der Waals surface area contributed by atoms with Gasteiger partial charge in [0.15, 0.2) is 0 Å². The predicted octanol–water partition coefficient (Wildman–Crippen LogP) is 3.46. The van der Waals surface area contributed by atoms with Crippen molar-refractivity contribution in [1.82, 2.24) is 0 Å². The van der Waals surface area contributed by atoms with Crippen molar-refractivity contribution < 1.29 is 14.3 Å². The van der Waals surface area contributed by atoms with E-state index in [0.717, 1.165) is 0 Å². The van der Waals surface area contributed by atoms with E-state index >= 15 is 0 Å². The van der Waals surface area contributed by atoms with Gasteiger partial charge in [-0.15, -0.1) is 0 Å². The van der Waals surface area contributed by atoms with Crippen molar-refractivity contribution in [2.45, 2.75) is 0 Å². The van der Waals surface area contributed by atoms with Crippen LogP contribution in [-0.2, 0) is 0 Å². The van der Waals surface area contributed by atoms with E-state index in [0.29, 0.717) is 20.9 Å². The standard InChI is InChI=1S/C15H12BrClN2O3/c1-22-13-5-2-8(14(18)20)6-10(13)15(21)19-12-4-3-9(17)7-11(12)16/h2-7H,1H3,(H2,18,20)(H,19,21). The average molecular weight is 384 g/mol. The lowest BCUT2D eigenvalue weighted by molar-refractivity contribution is 0.1000. The molecule has 7 heteroatoms. The molecule has 0 atom stereocenters. The Hall–Kier alpha value is -2.05. The molecule has 0 heterocycles. The van der Waals surface area contributed by atoms with E-state index < -0.39 is 11.8 Å². The summed E-state index contributed by atoms with van der Waals surface area (Å²) in [7, 11) is 1.44. The summed E-state index contributed by atoms with van der Waals surface area (Å²) in [6.07, 6.45) is 0. The molecular weight excluding hydrogens is 372 g/mol. The highest BCUT2D eigenvalue weighted by atomic mass is 79.9. The first-order chi connectivity index (χ1) is 10.4. The molecule has 114 valence electrons. The maximum absolute atomic E-state index is 12.4. The number of amides is 2. The second-order valence-electron chi connectivity index (χ2n) is 4.36. The molecule has 0 saturated carbocycles. The van der Waals surface area contributed by atoms with Gasteiger partial charge in [0.05, 0.1) is 18.4 Å². The third-order valence-corrected chi connectivity index (χ3v) is 3.80. The number of halogens is 2. The second kappa shape index (κ2) is 6.81. The average Bonchev–Trinajstić information content (AvgIpc) is 2.49. The lowest BCUT2D eigenvalue weighted by Crippen LogP contribution is -2.16. The van der Waals surface area contributed by atoms with Crippen LogP contribution in [0.3, 0.4) is 0 Å². The van der Waals surface area contributed by atoms with Crippen molar-refractivity contribution in [1.29, 1.82) is 0 Å². The molecule has 2 aromatic rings. The zero-order valence-corrected chi connectivity index (χ0v) is 13.9. The number of carbonyl (C=O) groups is 2. The van der Waals surface area contributed by atoms with Crippen LogP contribution in [-0.4, -0.2) is 18.9 Å². The Bertz CT molecular complexity index is 750. The number of hydrogen-bond acceptors (Lipinski definition) is 3. The van der Waals surface area contributed by atoms with E-state index in [4.69, 9.17) is 22.1 Å². The van der Waals surface area contributed by atoms with Crippen molar-refractivity contribution in [2.24, 2.45) is 5.73 Å². The summed E-state index contributed by atoms with van der Waals surface area (Å²) in [6.45, 7) is 0. The van der Waals surface area contributed by atoms with Crippen LogP contribution in [0.2, 0.25) is 5.02 Å². The number of anilines is 1. The topological polar surface area (TPSA) is 81.4 Å². The minimum absolute atomic E-state index is 0.209. The number of carbonyl (C=O) groups excluding carboxylic acids is 2. The molecule has 0 aliphatic rings.